The van der Waals surface area contributed by atoms with E-state index in [0.29, 0.717) is 25.9 Å². The lowest BCUT2D eigenvalue weighted by atomic mass is 9.85. The van der Waals surface area contributed by atoms with Crippen LogP contribution in [-0.2, 0) is 41.5 Å². The summed E-state index contributed by atoms with van der Waals surface area (Å²) in [7, 11) is 7.83. The molecule has 0 bridgehead atoms. The van der Waals surface area contributed by atoms with E-state index in [2.05, 4.69) is 0 Å². The molecule has 4 rings (SSSR count). The summed E-state index contributed by atoms with van der Waals surface area (Å²) in [6.45, 7) is 4.24. The fraction of sp³-hybridized carbons (Fsp3) is 0.579. The quantitative estimate of drug-likeness (QED) is 0.227. The largest absolute Gasteiger partial charge is 0.462 e. The van der Waals surface area contributed by atoms with E-state index < -0.39 is 0 Å². The maximum absolute atomic E-state index is 13.4. The Morgan fingerprint density at radius 3 is 1.22 bits per heavy atom. The highest BCUT2D eigenvalue weighted by atomic mass is 16.5. The van der Waals surface area contributed by atoms with E-state index in [9.17, 15) is 19.2 Å². The SMILES string of the molecule is CC(=O)OC1CCCCC1C[N+](C)(C)C(=O)Cc1ccc(-c2ccc(CC(=O)[N+](C)(C)CC3CCCCC3OC(C)=O)cc2)cc1. The van der Waals surface area contributed by atoms with Gasteiger partial charge in [-0.15, -0.1) is 0 Å². The van der Waals surface area contributed by atoms with E-state index in [4.69, 9.17) is 9.47 Å². The molecular formula is C38H54N2O6+2. The van der Waals surface area contributed by atoms with Crippen LogP contribution in [0.1, 0.15) is 76.3 Å². The number of carbonyl (C=O) groups is 4. The normalized spacial score (nSPS) is 22.1. The van der Waals surface area contributed by atoms with Gasteiger partial charge in [-0.2, -0.15) is 0 Å². The van der Waals surface area contributed by atoms with Crippen LogP contribution in [-0.4, -0.2) is 86.2 Å². The molecule has 0 aromatic heterocycles. The van der Waals surface area contributed by atoms with Gasteiger partial charge in [-0.3, -0.25) is 18.6 Å². The Morgan fingerprint density at radius 2 is 0.891 bits per heavy atom. The van der Waals surface area contributed by atoms with Gasteiger partial charge in [0.15, 0.2) is 0 Å². The molecule has 8 heteroatoms. The third-order valence-corrected chi connectivity index (χ3v) is 10.00. The number of hydrogen-bond donors (Lipinski definition) is 0. The van der Waals surface area contributed by atoms with Crippen LogP contribution in [0, 0.1) is 11.8 Å². The van der Waals surface area contributed by atoms with Crippen molar-refractivity contribution in [2.45, 2.75) is 90.3 Å². The molecule has 2 amide bonds. The van der Waals surface area contributed by atoms with E-state index in [1.54, 1.807) is 0 Å². The molecule has 8 nitrogen and oxygen atoms in total. The molecule has 0 radical (unpaired) electrons. The van der Waals surface area contributed by atoms with Gasteiger partial charge < -0.3 is 9.47 Å². The second kappa shape index (κ2) is 15.5. The zero-order valence-corrected chi connectivity index (χ0v) is 28.8. The molecule has 2 aromatic rings. The number of amides is 2. The van der Waals surface area contributed by atoms with Gasteiger partial charge in [0, 0.05) is 25.7 Å². The van der Waals surface area contributed by atoms with Crippen molar-refractivity contribution in [3.63, 3.8) is 0 Å². The highest BCUT2D eigenvalue weighted by Gasteiger charge is 2.38. The zero-order valence-electron chi connectivity index (χ0n) is 28.8. The molecule has 0 aliphatic heterocycles. The summed E-state index contributed by atoms with van der Waals surface area (Å²) in [6.07, 6.45) is 8.49. The lowest BCUT2D eigenvalue weighted by Crippen LogP contribution is -2.52. The summed E-state index contributed by atoms with van der Waals surface area (Å²) >= 11 is 0. The number of quaternary nitrogens is 2. The van der Waals surface area contributed by atoms with Gasteiger partial charge in [0.05, 0.1) is 54.1 Å². The lowest BCUT2D eigenvalue weighted by Gasteiger charge is -2.36. The first kappa shape index (κ1) is 35.5. The minimum atomic E-state index is -0.248. The molecular weight excluding hydrogens is 580 g/mol. The molecule has 2 fully saturated rings. The minimum absolute atomic E-state index is 0.103. The molecule has 0 saturated heterocycles. The van der Waals surface area contributed by atoms with Crippen LogP contribution in [0.4, 0.5) is 0 Å². The van der Waals surface area contributed by atoms with Gasteiger partial charge >= 0.3 is 23.8 Å². The standard InChI is InChI=1S/C38H54N2O6/c1-27(41)45-35-13-9-7-11-33(35)25-39(3,4)37(43)23-29-15-19-31(20-16-29)32-21-17-30(18-22-32)24-38(44)40(5,6)26-34-12-8-10-14-36(34)46-28(2)42/h15-22,33-36H,7-14,23-26H2,1-6H3/q+2. The van der Waals surface area contributed by atoms with Crippen LogP contribution in [0.15, 0.2) is 48.5 Å². The fourth-order valence-electron chi connectivity index (χ4n) is 7.29. The molecule has 0 heterocycles. The maximum atomic E-state index is 13.4. The van der Waals surface area contributed by atoms with Crippen LogP contribution in [0.2, 0.25) is 0 Å². The molecule has 46 heavy (non-hydrogen) atoms. The number of likely N-dealkylation sites (N-methyl/N-ethyl adjacent to an activating group) is 2. The first-order valence-corrected chi connectivity index (χ1v) is 17.0. The predicted octanol–water partition coefficient (Wildman–Crippen LogP) is 5.89. The van der Waals surface area contributed by atoms with E-state index in [1.807, 2.05) is 76.7 Å². The summed E-state index contributed by atoms with van der Waals surface area (Å²) in [5.41, 5.74) is 4.05. The van der Waals surface area contributed by atoms with Crippen molar-refractivity contribution in [3.05, 3.63) is 59.7 Å². The molecule has 2 aromatic carbocycles. The van der Waals surface area contributed by atoms with Crippen molar-refractivity contribution >= 4 is 23.8 Å². The molecule has 2 aliphatic carbocycles. The van der Waals surface area contributed by atoms with Crippen LogP contribution in [0.25, 0.3) is 11.1 Å². The Labute approximate surface area is 275 Å². The molecule has 0 N–H and O–H groups in total. The van der Waals surface area contributed by atoms with E-state index in [0.717, 1.165) is 73.6 Å². The van der Waals surface area contributed by atoms with E-state index >= 15 is 0 Å². The Hall–Kier alpha value is -3.36. The third kappa shape index (κ3) is 9.82. The number of rotatable bonds is 11. The summed E-state index contributed by atoms with van der Waals surface area (Å²) in [6, 6.07) is 16.2. The molecule has 4 unspecified atom stereocenters. The zero-order chi connectivity index (χ0) is 33.5. The van der Waals surface area contributed by atoms with Crippen molar-refractivity contribution in [2.24, 2.45) is 11.8 Å². The van der Waals surface area contributed by atoms with E-state index in [1.165, 1.54) is 13.8 Å². The van der Waals surface area contributed by atoms with Crippen molar-refractivity contribution in [1.29, 1.82) is 0 Å². The summed E-state index contributed by atoms with van der Waals surface area (Å²) in [5.74, 6) is 0.169. The molecule has 250 valence electrons. The fourth-order valence-corrected chi connectivity index (χ4v) is 7.29. The molecule has 2 saturated carbocycles. The minimum Gasteiger partial charge on any atom is -0.462 e. The second-order valence-corrected chi connectivity index (χ2v) is 14.7. The highest BCUT2D eigenvalue weighted by Crippen LogP contribution is 2.31. The van der Waals surface area contributed by atoms with Gasteiger partial charge in [0.1, 0.15) is 12.2 Å². The first-order chi connectivity index (χ1) is 21.7. The van der Waals surface area contributed by atoms with Gasteiger partial charge in [-0.1, -0.05) is 61.4 Å². The van der Waals surface area contributed by atoms with Crippen LogP contribution in [0.3, 0.4) is 0 Å². The highest BCUT2D eigenvalue weighted by molar-refractivity contribution is 5.74. The summed E-state index contributed by atoms with van der Waals surface area (Å²) in [5, 5.41) is 0. The van der Waals surface area contributed by atoms with Gasteiger partial charge in [-0.25, -0.2) is 9.59 Å². The smallest absolute Gasteiger partial charge is 0.317 e. The average Bonchev–Trinajstić information content (AvgIpc) is 2.99. The van der Waals surface area contributed by atoms with Crippen molar-refractivity contribution in [2.75, 3.05) is 41.3 Å². The Kier molecular flexibility index (Phi) is 11.9. The topological polar surface area (TPSA) is 86.7 Å². The molecule has 4 atom stereocenters. The monoisotopic (exact) mass is 634 g/mol. The number of benzene rings is 2. The maximum Gasteiger partial charge on any atom is 0.317 e. The lowest BCUT2D eigenvalue weighted by molar-refractivity contribution is -0.818. The van der Waals surface area contributed by atoms with Crippen molar-refractivity contribution in [1.82, 2.24) is 0 Å². The number of carbonyl (C=O) groups excluding carboxylic acids is 4. The average molecular weight is 635 g/mol. The van der Waals surface area contributed by atoms with Crippen LogP contribution >= 0.6 is 0 Å². The number of esters is 2. The van der Waals surface area contributed by atoms with Crippen molar-refractivity contribution in [3.8, 4) is 11.1 Å². The van der Waals surface area contributed by atoms with Crippen LogP contribution in [0.5, 0.6) is 0 Å². The third-order valence-electron chi connectivity index (χ3n) is 10.00. The number of ether oxygens (including phenoxy) is 2. The van der Waals surface area contributed by atoms with Crippen LogP contribution < -0.4 is 0 Å². The Balaban J connectivity index is 1.32. The van der Waals surface area contributed by atoms with Gasteiger partial charge in [-0.05, 0) is 60.8 Å². The number of nitrogens with zero attached hydrogens (tertiary/aromatic N) is 2. The number of hydrogen-bond acceptors (Lipinski definition) is 6. The van der Waals surface area contributed by atoms with Gasteiger partial charge in [0.2, 0.25) is 0 Å². The second-order valence-electron chi connectivity index (χ2n) is 14.7. The summed E-state index contributed by atoms with van der Waals surface area (Å²) < 4.78 is 11.7. The van der Waals surface area contributed by atoms with Crippen molar-refractivity contribution < 1.29 is 37.6 Å². The van der Waals surface area contributed by atoms with E-state index in [-0.39, 0.29) is 56.8 Å². The Bertz CT molecular complexity index is 1260. The van der Waals surface area contributed by atoms with Gasteiger partial charge in [0.25, 0.3) is 0 Å². The summed E-state index contributed by atoms with van der Waals surface area (Å²) in [4.78, 5) is 49.9. The predicted molar refractivity (Wildman–Crippen MR) is 178 cm³/mol. The molecule has 0 spiro atoms. The molecule has 2 aliphatic rings. The Morgan fingerprint density at radius 1 is 0.565 bits per heavy atom. The first-order valence-electron chi connectivity index (χ1n) is 17.0.